The fourth-order valence-corrected chi connectivity index (χ4v) is 4.01. The summed E-state index contributed by atoms with van der Waals surface area (Å²) in [6.07, 6.45) is 3.44. The van der Waals surface area contributed by atoms with E-state index in [-0.39, 0.29) is 17.3 Å². The van der Waals surface area contributed by atoms with Crippen molar-refractivity contribution in [1.82, 2.24) is 9.78 Å². The number of benzene rings is 3. The molecule has 0 aliphatic carbocycles. The van der Waals surface area contributed by atoms with Crippen LogP contribution in [0.4, 0.5) is 4.39 Å². The molecular formula is C26H18BrFN2O3. The highest BCUT2D eigenvalue weighted by molar-refractivity contribution is 9.10. The normalized spacial score (nSPS) is 13.8. The predicted octanol–water partition coefficient (Wildman–Crippen LogP) is 6.46. The highest BCUT2D eigenvalue weighted by Gasteiger charge is 2.28. The lowest BCUT2D eigenvalue weighted by Gasteiger charge is -2.06. The van der Waals surface area contributed by atoms with Gasteiger partial charge in [0.1, 0.15) is 11.4 Å². The first kappa shape index (κ1) is 21.2. The number of Topliss-reactive ketones (excluding diaryl/α,β-unsaturated/α-hetero) is 1. The summed E-state index contributed by atoms with van der Waals surface area (Å²) in [4.78, 5) is 12.9. The molecule has 1 aromatic heterocycles. The molecule has 4 aromatic rings. The number of hydrogen-bond donors (Lipinski definition) is 0. The SMILES string of the molecule is CCOc1ccc(-c2nn(-c3ccccc3)cc2/C=C2\Oc3ccc(Br)cc3C2=O)cc1F. The lowest BCUT2D eigenvalue weighted by molar-refractivity contribution is 0.101. The third kappa shape index (κ3) is 4.07. The Morgan fingerprint density at radius 2 is 1.94 bits per heavy atom. The second-order valence-electron chi connectivity index (χ2n) is 7.37. The van der Waals surface area contributed by atoms with Crippen molar-refractivity contribution in [3.8, 4) is 28.4 Å². The zero-order valence-corrected chi connectivity index (χ0v) is 19.2. The van der Waals surface area contributed by atoms with Crippen LogP contribution in [0, 0.1) is 5.82 Å². The highest BCUT2D eigenvalue weighted by Crippen LogP contribution is 2.35. The lowest BCUT2D eigenvalue weighted by Crippen LogP contribution is -1.98. The van der Waals surface area contributed by atoms with E-state index in [2.05, 4.69) is 21.0 Å². The summed E-state index contributed by atoms with van der Waals surface area (Å²) in [6.45, 7) is 2.17. The molecule has 0 amide bonds. The molecule has 164 valence electrons. The quantitative estimate of drug-likeness (QED) is 0.293. The first-order chi connectivity index (χ1) is 16.0. The first-order valence-corrected chi connectivity index (χ1v) is 11.1. The van der Waals surface area contributed by atoms with Crippen molar-refractivity contribution < 1.29 is 18.7 Å². The van der Waals surface area contributed by atoms with Gasteiger partial charge in [0.05, 0.1) is 17.9 Å². The van der Waals surface area contributed by atoms with E-state index in [1.165, 1.54) is 6.07 Å². The van der Waals surface area contributed by atoms with Gasteiger partial charge in [0.15, 0.2) is 17.3 Å². The molecule has 0 atom stereocenters. The summed E-state index contributed by atoms with van der Waals surface area (Å²) in [6, 6.07) is 19.6. The van der Waals surface area contributed by atoms with Crippen LogP contribution in [-0.4, -0.2) is 22.2 Å². The van der Waals surface area contributed by atoms with Crippen LogP contribution in [0.3, 0.4) is 0 Å². The number of fused-ring (bicyclic) bond motifs is 1. The fourth-order valence-electron chi connectivity index (χ4n) is 3.65. The summed E-state index contributed by atoms with van der Waals surface area (Å²) in [5.74, 6) is 0.163. The van der Waals surface area contributed by atoms with Gasteiger partial charge in [0.2, 0.25) is 5.78 Å². The van der Waals surface area contributed by atoms with Crippen LogP contribution >= 0.6 is 15.9 Å². The second-order valence-corrected chi connectivity index (χ2v) is 8.29. The standard InChI is InChI=1S/C26H18BrFN2O3/c1-2-32-23-10-8-16(12-21(23)28)25-17(15-30(29-25)19-6-4-3-5-7-19)13-24-26(31)20-14-18(27)9-11-22(20)33-24/h3-15H,2H2,1H3/b24-13-. The van der Waals surface area contributed by atoms with Gasteiger partial charge >= 0.3 is 0 Å². The van der Waals surface area contributed by atoms with Crippen LogP contribution in [0.25, 0.3) is 23.0 Å². The van der Waals surface area contributed by atoms with Gasteiger partial charge < -0.3 is 9.47 Å². The minimum Gasteiger partial charge on any atom is -0.491 e. The number of ether oxygens (including phenoxy) is 2. The van der Waals surface area contributed by atoms with Crippen molar-refractivity contribution in [2.45, 2.75) is 6.92 Å². The molecule has 0 saturated heterocycles. The van der Waals surface area contributed by atoms with Gasteiger partial charge in [-0.2, -0.15) is 5.10 Å². The molecule has 1 aliphatic rings. The van der Waals surface area contributed by atoms with E-state index in [9.17, 15) is 9.18 Å². The molecule has 0 unspecified atom stereocenters. The van der Waals surface area contributed by atoms with E-state index in [0.29, 0.717) is 34.7 Å². The van der Waals surface area contributed by atoms with Crippen LogP contribution < -0.4 is 9.47 Å². The molecule has 5 nitrogen and oxygen atoms in total. The molecule has 5 rings (SSSR count). The van der Waals surface area contributed by atoms with Crippen LogP contribution in [-0.2, 0) is 0 Å². The highest BCUT2D eigenvalue weighted by atomic mass is 79.9. The van der Waals surface area contributed by atoms with Crippen molar-refractivity contribution >= 4 is 27.8 Å². The van der Waals surface area contributed by atoms with Crippen LogP contribution in [0.1, 0.15) is 22.8 Å². The molecule has 0 fully saturated rings. The number of hydrogen-bond acceptors (Lipinski definition) is 4. The van der Waals surface area contributed by atoms with Crippen LogP contribution in [0.5, 0.6) is 11.5 Å². The maximum atomic E-state index is 14.6. The predicted molar refractivity (Wildman–Crippen MR) is 127 cm³/mol. The van der Waals surface area contributed by atoms with Gasteiger partial charge in [-0.05, 0) is 61.5 Å². The largest absolute Gasteiger partial charge is 0.491 e. The van der Waals surface area contributed by atoms with E-state index >= 15 is 0 Å². The Bertz CT molecular complexity index is 1400. The minimum absolute atomic E-state index is 0.180. The van der Waals surface area contributed by atoms with E-state index in [1.54, 1.807) is 48.1 Å². The monoisotopic (exact) mass is 504 g/mol. The number of halogens is 2. The Labute approximate surface area is 198 Å². The number of aromatic nitrogens is 2. The topological polar surface area (TPSA) is 53.4 Å². The molecule has 0 bridgehead atoms. The molecule has 1 aliphatic heterocycles. The zero-order chi connectivity index (χ0) is 22.9. The van der Waals surface area contributed by atoms with E-state index in [1.807, 2.05) is 36.4 Å². The van der Waals surface area contributed by atoms with Crippen LogP contribution in [0.15, 0.2) is 83.2 Å². The second kappa shape index (κ2) is 8.67. The Morgan fingerprint density at radius 3 is 2.70 bits per heavy atom. The van der Waals surface area contributed by atoms with Crippen molar-refractivity contribution in [3.05, 3.63) is 100 Å². The number of ketones is 1. The summed E-state index contributed by atoms with van der Waals surface area (Å²) in [7, 11) is 0. The van der Waals surface area contributed by atoms with Crippen molar-refractivity contribution in [1.29, 1.82) is 0 Å². The Hall–Kier alpha value is -3.71. The van der Waals surface area contributed by atoms with E-state index < -0.39 is 5.82 Å². The molecule has 2 heterocycles. The molecule has 0 spiro atoms. The van der Waals surface area contributed by atoms with Crippen molar-refractivity contribution in [3.63, 3.8) is 0 Å². The third-order valence-corrected chi connectivity index (χ3v) is 5.68. The summed E-state index contributed by atoms with van der Waals surface area (Å²) >= 11 is 3.39. The number of allylic oxidation sites excluding steroid dienone is 1. The van der Waals surface area contributed by atoms with Gasteiger partial charge in [-0.15, -0.1) is 0 Å². The lowest BCUT2D eigenvalue weighted by atomic mass is 10.1. The maximum absolute atomic E-state index is 14.6. The van der Waals surface area contributed by atoms with E-state index in [4.69, 9.17) is 9.47 Å². The van der Waals surface area contributed by atoms with Gasteiger partial charge in [0, 0.05) is 21.8 Å². The van der Waals surface area contributed by atoms with Gasteiger partial charge in [0.25, 0.3) is 0 Å². The Balaban J connectivity index is 1.61. The maximum Gasteiger partial charge on any atom is 0.232 e. The Kier molecular flexibility index (Phi) is 5.56. The average Bonchev–Trinajstić information content (AvgIpc) is 3.38. The minimum atomic E-state index is -0.479. The van der Waals surface area contributed by atoms with Gasteiger partial charge in [-0.25, -0.2) is 9.07 Å². The molecule has 0 saturated carbocycles. The van der Waals surface area contributed by atoms with Gasteiger partial charge in [-0.1, -0.05) is 34.1 Å². The average molecular weight is 505 g/mol. The molecule has 3 aromatic carbocycles. The number of para-hydroxylation sites is 1. The molecule has 0 N–H and O–H groups in total. The van der Waals surface area contributed by atoms with Gasteiger partial charge in [-0.3, -0.25) is 4.79 Å². The van der Waals surface area contributed by atoms with Crippen molar-refractivity contribution in [2.75, 3.05) is 6.61 Å². The van der Waals surface area contributed by atoms with E-state index in [0.717, 1.165) is 10.2 Å². The summed E-state index contributed by atoms with van der Waals surface area (Å²) < 4.78 is 28.2. The Morgan fingerprint density at radius 1 is 1.12 bits per heavy atom. The molecule has 0 radical (unpaired) electrons. The van der Waals surface area contributed by atoms with Crippen LogP contribution in [0.2, 0.25) is 0 Å². The number of nitrogens with zero attached hydrogens (tertiary/aromatic N) is 2. The fraction of sp³-hybridized carbons (Fsp3) is 0.0769. The summed E-state index contributed by atoms with van der Waals surface area (Å²) in [5.41, 5.74) is 3.02. The number of carbonyl (C=O) groups excluding carboxylic acids is 1. The first-order valence-electron chi connectivity index (χ1n) is 10.3. The summed E-state index contributed by atoms with van der Waals surface area (Å²) in [5, 5.41) is 4.69. The molecule has 33 heavy (non-hydrogen) atoms. The van der Waals surface area contributed by atoms with Crippen molar-refractivity contribution in [2.24, 2.45) is 0 Å². The molecule has 7 heteroatoms. The zero-order valence-electron chi connectivity index (χ0n) is 17.6. The smallest absolute Gasteiger partial charge is 0.232 e. The third-order valence-electron chi connectivity index (χ3n) is 5.18. The number of carbonyl (C=O) groups is 1. The number of rotatable bonds is 5. The molecular weight excluding hydrogens is 487 g/mol.